The van der Waals surface area contributed by atoms with Crippen LogP contribution in [-0.4, -0.2) is 20.2 Å². The molecule has 2 rings (SSSR count). The SMILES string of the molecule is CCc1nnc(-c2nc(Br)cnc2N)o1. The van der Waals surface area contributed by atoms with Crippen LogP contribution in [0.25, 0.3) is 11.6 Å². The fourth-order valence-electron chi connectivity index (χ4n) is 1.03. The van der Waals surface area contributed by atoms with Crippen molar-refractivity contribution in [3.63, 3.8) is 0 Å². The summed E-state index contributed by atoms with van der Waals surface area (Å²) in [6.45, 7) is 1.92. The zero-order valence-corrected chi connectivity index (χ0v) is 9.52. The van der Waals surface area contributed by atoms with E-state index in [-0.39, 0.29) is 11.7 Å². The average Bonchev–Trinajstić information content (AvgIpc) is 2.70. The average molecular weight is 270 g/mol. The number of nitrogen functional groups attached to an aromatic ring is 1. The molecule has 0 bridgehead atoms. The highest BCUT2D eigenvalue weighted by Crippen LogP contribution is 2.22. The molecule has 6 nitrogen and oxygen atoms in total. The monoisotopic (exact) mass is 269 g/mol. The maximum Gasteiger partial charge on any atom is 0.270 e. The Kier molecular flexibility index (Phi) is 2.63. The molecule has 0 aromatic carbocycles. The molecule has 0 amide bonds. The first-order valence-corrected chi connectivity index (χ1v) is 5.10. The molecule has 2 aromatic rings. The molecule has 0 saturated carbocycles. The van der Waals surface area contributed by atoms with E-state index in [1.807, 2.05) is 6.92 Å². The molecule has 0 atom stereocenters. The summed E-state index contributed by atoms with van der Waals surface area (Å²) in [6, 6.07) is 0. The van der Waals surface area contributed by atoms with Crippen LogP contribution in [0.15, 0.2) is 15.2 Å². The Morgan fingerprint density at radius 2 is 2.27 bits per heavy atom. The second-order valence-corrected chi connectivity index (χ2v) is 3.59. The van der Waals surface area contributed by atoms with E-state index in [2.05, 4.69) is 36.1 Å². The molecule has 2 N–H and O–H groups in total. The number of rotatable bonds is 2. The molecule has 15 heavy (non-hydrogen) atoms. The number of nitrogens with zero attached hydrogens (tertiary/aromatic N) is 4. The van der Waals surface area contributed by atoms with E-state index < -0.39 is 0 Å². The minimum Gasteiger partial charge on any atom is -0.419 e. The van der Waals surface area contributed by atoms with Crippen molar-refractivity contribution in [1.29, 1.82) is 0 Å². The number of hydrogen-bond donors (Lipinski definition) is 1. The lowest BCUT2D eigenvalue weighted by Crippen LogP contribution is -1.97. The lowest BCUT2D eigenvalue weighted by atomic mass is 10.4. The fourth-order valence-corrected chi connectivity index (χ4v) is 1.31. The van der Waals surface area contributed by atoms with Crippen molar-refractivity contribution in [2.24, 2.45) is 0 Å². The van der Waals surface area contributed by atoms with E-state index in [0.29, 0.717) is 22.6 Å². The summed E-state index contributed by atoms with van der Waals surface area (Å²) in [5, 5.41) is 7.67. The second kappa shape index (κ2) is 3.93. The highest BCUT2D eigenvalue weighted by molar-refractivity contribution is 9.10. The number of nitrogens with two attached hydrogens (primary N) is 1. The van der Waals surface area contributed by atoms with Gasteiger partial charge in [-0.3, -0.25) is 0 Å². The van der Waals surface area contributed by atoms with Crippen LogP contribution in [-0.2, 0) is 6.42 Å². The highest BCUT2D eigenvalue weighted by atomic mass is 79.9. The Morgan fingerprint density at radius 1 is 1.47 bits per heavy atom. The predicted molar refractivity (Wildman–Crippen MR) is 56.8 cm³/mol. The minimum absolute atomic E-state index is 0.268. The third kappa shape index (κ3) is 1.96. The maximum atomic E-state index is 5.65. The van der Waals surface area contributed by atoms with Gasteiger partial charge in [0.25, 0.3) is 5.89 Å². The molecule has 7 heteroatoms. The Bertz CT molecular complexity index is 484. The van der Waals surface area contributed by atoms with Crippen molar-refractivity contribution in [2.75, 3.05) is 5.73 Å². The van der Waals surface area contributed by atoms with Gasteiger partial charge in [0.2, 0.25) is 5.89 Å². The van der Waals surface area contributed by atoms with Crippen molar-refractivity contribution in [3.8, 4) is 11.6 Å². The highest BCUT2D eigenvalue weighted by Gasteiger charge is 2.13. The molecule has 78 valence electrons. The Labute approximate surface area is 94.1 Å². The van der Waals surface area contributed by atoms with E-state index in [1.54, 1.807) is 0 Å². The van der Waals surface area contributed by atoms with Gasteiger partial charge in [-0.05, 0) is 15.9 Å². The number of aryl methyl sites for hydroxylation is 1. The molecule has 0 aliphatic rings. The van der Waals surface area contributed by atoms with Gasteiger partial charge in [0.05, 0.1) is 6.20 Å². The molecule has 0 unspecified atom stereocenters. The smallest absolute Gasteiger partial charge is 0.270 e. The van der Waals surface area contributed by atoms with Crippen molar-refractivity contribution >= 4 is 21.7 Å². The summed E-state index contributed by atoms with van der Waals surface area (Å²) in [5.74, 6) is 1.11. The standard InChI is InChI=1S/C8H8BrN5O/c1-2-5-13-14-8(15-5)6-7(10)11-3-4(9)12-6/h3H,2H2,1H3,(H2,10,11). The van der Waals surface area contributed by atoms with Crippen LogP contribution in [0.5, 0.6) is 0 Å². The third-order valence-corrected chi connectivity index (χ3v) is 2.13. The Morgan fingerprint density at radius 3 is 2.93 bits per heavy atom. The zero-order valence-electron chi connectivity index (χ0n) is 7.94. The predicted octanol–water partition coefficient (Wildman–Crippen LogP) is 1.43. The van der Waals surface area contributed by atoms with Crippen LogP contribution >= 0.6 is 15.9 Å². The Balaban J connectivity index is 2.48. The van der Waals surface area contributed by atoms with Crippen LogP contribution in [0.3, 0.4) is 0 Å². The summed E-state index contributed by atoms with van der Waals surface area (Å²) in [5.41, 5.74) is 6.05. The molecule has 2 aromatic heterocycles. The van der Waals surface area contributed by atoms with Crippen molar-refractivity contribution in [1.82, 2.24) is 20.2 Å². The van der Waals surface area contributed by atoms with Gasteiger partial charge in [0.1, 0.15) is 4.60 Å². The second-order valence-electron chi connectivity index (χ2n) is 2.78. The van der Waals surface area contributed by atoms with Crippen molar-refractivity contribution in [3.05, 3.63) is 16.7 Å². The molecule has 0 aliphatic heterocycles. The molecule has 0 fully saturated rings. The van der Waals surface area contributed by atoms with Crippen LogP contribution in [0.1, 0.15) is 12.8 Å². The first kappa shape index (κ1) is 10.0. The summed E-state index contributed by atoms with van der Waals surface area (Å²) in [6.07, 6.45) is 2.18. The van der Waals surface area contributed by atoms with Crippen LogP contribution < -0.4 is 5.73 Å². The number of halogens is 1. The van der Waals surface area contributed by atoms with E-state index in [0.717, 1.165) is 0 Å². The van der Waals surface area contributed by atoms with Crippen LogP contribution in [0.4, 0.5) is 5.82 Å². The number of hydrogen-bond acceptors (Lipinski definition) is 6. The van der Waals surface area contributed by atoms with Gasteiger partial charge < -0.3 is 10.2 Å². The van der Waals surface area contributed by atoms with Crippen molar-refractivity contribution < 1.29 is 4.42 Å². The van der Waals surface area contributed by atoms with Gasteiger partial charge in [-0.2, -0.15) is 0 Å². The molecule has 0 saturated heterocycles. The summed E-state index contributed by atoms with van der Waals surface area (Å²) < 4.78 is 5.90. The van der Waals surface area contributed by atoms with Gasteiger partial charge in [0.15, 0.2) is 11.5 Å². The van der Waals surface area contributed by atoms with Gasteiger partial charge in [-0.15, -0.1) is 10.2 Å². The quantitative estimate of drug-likeness (QED) is 0.887. The largest absolute Gasteiger partial charge is 0.419 e. The van der Waals surface area contributed by atoms with E-state index in [4.69, 9.17) is 10.2 Å². The van der Waals surface area contributed by atoms with Gasteiger partial charge in [-0.25, -0.2) is 9.97 Å². The first-order valence-electron chi connectivity index (χ1n) is 4.31. The summed E-state index contributed by atoms with van der Waals surface area (Å²) in [7, 11) is 0. The normalized spacial score (nSPS) is 10.5. The summed E-state index contributed by atoms with van der Waals surface area (Å²) in [4.78, 5) is 8.05. The lowest BCUT2D eigenvalue weighted by Gasteiger charge is -1.98. The van der Waals surface area contributed by atoms with Gasteiger partial charge in [-0.1, -0.05) is 6.92 Å². The molecule has 0 spiro atoms. The number of aromatic nitrogens is 4. The van der Waals surface area contributed by atoms with Gasteiger partial charge in [0, 0.05) is 6.42 Å². The Hall–Kier alpha value is -1.50. The maximum absolute atomic E-state index is 5.65. The van der Waals surface area contributed by atoms with Crippen LogP contribution in [0, 0.1) is 0 Å². The van der Waals surface area contributed by atoms with E-state index in [1.165, 1.54) is 6.20 Å². The fraction of sp³-hybridized carbons (Fsp3) is 0.250. The molecule has 0 radical (unpaired) electrons. The first-order chi connectivity index (χ1) is 7.20. The van der Waals surface area contributed by atoms with E-state index in [9.17, 15) is 0 Å². The molecule has 2 heterocycles. The zero-order chi connectivity index (χ0) is 10.8. The molecular weight excluding hydrogens is 262 g/mol. The third-order valence-electron chi connectivity index (χ3n) is 1.74. The lowest BCUT2D eigenvalue weighted by molar-refractivity contribution is 0.511. The topological polar surface area (TPSA) is 90.7 Å². The minimum atomic E-state index is 0.268. The van der Waals surface area contributed by atoms with Crippen LogP contribution in [0.2, 0.25) is 0 Å². The van der Waals surface area contributed by atoms with Crippen molar-refractivity contribution in [2.45, 2.75) is 13.3 Å². The molecule has 0 aliphatic carbocycles. The summed E-state index contributed by atoms with van der Waals surface area (Å²) >= 11 is 3.20. The van der Waals surface area contributed by atoms with Gasteiger partial charge >= 0.3 is 0 Å². The number of anilines is 1. The molecular formula is C8H8BrN5O. The van der Waals surface area contributed by atoms with E-state index >= 15 is 0 Å².